The van der Waals surface area contributed by atoms with E-state index >= 15 is 0 Å². The summed E-state index contributed by atoms with van der Waals surface area (Å²) in [5.41, 5.74) is 0.00236. The maximum Gasteiger partial charge on any atom is 0.345 e. The molecule has 134 valence electrons. The summed E-state index contributed by atoms with van der Waals surface area (Å²) in [6.45, 7) is 0. The van der Waals surface area contributed by atoms with Gasteiger partial charge in [-0.25, -0.2) is 4.79 Å². The molecule has 0 N–H and O–H groups in total. The minimum absolute atomic E-state index is 0.00236. The normalized spacial score (nSPS) is 29.5. The summed E-state index contributed by atoms with van der Waals surface area (Å²) in [6.07, 6.45) is 13.2. The molecule has 0 spiro atoms. The van der Waals surface area contributed by atoms with E-state index in [1.165, 1.54) is 26.4 Å². The Bertz CT molecular complexity index is 520. The van der Waals surface area contributed by atoms with Gasteiger partial charge in [-0.3, -0.25) is 4.79 Å². The van der Waals surface area contributed by atoms with Crippen molar-refractivity contribution in [2.24, 2.45) is 0 Å². The topological polar surface area (TPSA) is 61.8 Å². The zero-order chi connectivity index (χ0) is 17.4. The monoisotopic (exact) mass is 336 g/mol. The largest absolute Gasteiger partial charge is 0.465 e. The van der Waals surface area contributed by atoms with Crippen LogP contribution in [0.1, 0.15) is 64.2 Å². The number of allylic oxidation sites excluding steroid dienone is 1. The Hall–Kier alpha value is -1.62. The molecule has 0 fully saturated rings. The van der Waals surface area contributed by atoms with Gasteiger partial charge in [0.2, 0.25) is 5.79 Å². The second-order valence-corrected chi connectivity index (χ2v) is 6.43. The van der Waals surface area contributed by atoms with Crippen molar-refractivity contribution < 1.29 is 23.8 Å². The average molecular weight is 336 g/mol. The SMILES string of the molecule is COC(=O)/C1=C2\C=C[C@@](OC)(CCCCCCCCCCC1=O)O2. The summed E-state index contributed by atoms with van der Waals surface area (Å²) in [6, 6.07) is 0. The highest BCUT2D eigenvalue weighted by Crippen LogP contribution is 2.34. The lowest BCUT2D eigenvalue weighted by Gasteiger charge is -2.26. The van der Waals surface area contributed by atoms with Crippen molar-refractivity contribution in [1.82, 2.24) is 0 Å². The number of ketones is 1. The molecule has 2 aliphatic rings. The third-order valence-electron chi connectivity index (χ3n) is 4.71. The lowest BCUT2D eigenvalue weighted by atomic mass is 10.0. The molecular weight excluding hydrogens is 308 g/mol. The number of methoxy groups -OCH3 is 2. The van der Waals surface area contributed by atoms with Crippen LogP contribution in [0.3, 0.4) is 0 Å². The zero-order valence-corrected chi connectivity index (χ0v) is 14.8. The van der Waals surface area contributed by atoms with Crippen molar-refractivity contribution >= 4 is 11.8 Å². The molecule has 0 unspecified atom stereocenters. The predicted octanol–water partition coefficient (Wildman–Crippen LogP) is 3.83. The van der Waals surface area contributed by atoms with E-state index in [0.717, 1.165) is 32.1 Å². The van der Waals surface area contributed by atoms with E-state index in [1.807, 2.05) is 0 Å². The fourth-order valence-electron chi connectivity index (χ4n) is 3.23. The number of hydrogen-bond acceptors (Lipinski definition) is 5. The smallest absolute Gasteiger partial charge is 0.345 e. The van der Waals surface area contributed by atoms with Crippen LogP contribution < -0.4 is 0 Å². The van der Waals surface area contributed by atoms with Crippen LogP contribution in [-0.4, -0.2) is 31.8 Å². The fraction of sp³-hybridized carbons (Fsp3) is 0.684. The molecule has 1 atom stereocenters. The summed E-state index contributed by atoms with van der Waals surface area (Å²) in [4.78, 5) is 24.6. The lowest BCUT2D eigenvalue weighted by molar-refractivity contribution is -0.158. The van der Waals surface area contributed by atoms with Crippen LogP contribution in [0.5, 0.6) is 0 Å². The van der Waals surface area contributed by atoms with Crippen LogP contribution in [0.4, 0.5) is 0 Å². The highest BCUT2D eigenvalue weighted by Gasteiger charge is 2.37. The molecule has 0 radical (unpaired) electrons. The molecule has 0 saturated heterocycles. The van der Waals surface area contributed by atoms with Crippen molar-refractivity contribution in [3.63, 3.8) is 0 Å². The first-order valence-corrected chi connectivity index (χ1v) is 8.91. The molecule has 0 aromatic rings. The van der Waals surface area contributed by atoms with Gasteiger partial charge in [0.15, 0.2) is 5.78 Å². The summed E-state index contributed by atoms with van der Waals surface area (Å²) in [5.74, 6) is -1.47. The molecule has 2 rings (SSSR count). The quantitative estimate of drug-likeness (QED) is 0.566. The number of carbonyl (C=O) groups is 2. The molecule has 0 saturated carbocycles. The number of esters is 1. The minimum atomic E-state index is -0.880. The van der Waals surface area contributed by atoms with E-state index < -0.39 is 11.8 Å². The van der Waals surface area contributed by atoms with Gasteiger partial charge in [0.25, 0.3) is 0 Å². The molecule has 5 heteroatoms. The van der Waals surface area contributed by atoms with Crippen molar-refractivity contribution in [2.45, 2.75) is 70.0 Å². The summed E-state index contributed by atoms with van der Waals surface area (Å²) in [5, 5.41) is 0. The van der Waals surface area contributed by atoms with Gasteiger partial charge >= 0.3 is 5.97 Å². The number of Topliss-reactive ketones (excluding diaryl/α,β-unsaturated/α-hetero) is 1. The Balaban J connectivity index is 2.24. The molecule has 0 aromatic heterocycles. The van der Waals surface area contributed by atoms with Gasteiger partial charge in [0.1, 0.15) is 11.3 Å². The van der Waals surface area contributed by atoms with E-state index in [-0.39, 0.29) is 17.1 Å². The standard InChI is InChI=1S/C19H28O5/c1-22-18(21)17-15(20)11-9-7-5-3-4-6-8-10-13-19(23-2)14-12-16(17)24-19/h12,14H,3-11,13H2,1-2H3/b17-16+/t19-/m1/s1. The van der Waals surface area contributed by atoms with Crippen LogP contribution in [0.25, 0.3) is 0 Å². The van der Waals surface area contributed by atoms with Crippen molar-refractivity contribution in [2.75, 3.05) is 14.2 Å². The molecule has 2 aliphatic heterocycles. The zero-order valence-electron chi connectivity index (χ0n) is 14.8. The van der Waals surface area contributed by atoms with Crippen LogP contribution >= 0.6 is 0 Å². The second-order valence-electron chi connectivity index (χ2n) is 6.43. The Morgan fingerprint density at radius 2 is 1.67 bits per heavy atom. The molecule has 0 amide bonds. The molecule has 2 bridgehead atoms. The molecular formula is C19H28O5. The molecule has 24 heavy (non-hydrogen) atoms. The van der Waals surface area contributed by atoms with Crippen molar-refractivity contribution in [3.8, 4) is 0 Å². The number of carbonyl (C=O) groups excluding carboxylic acids is 2. The van der Waals surface area contributed by atoms with Crippen LogP contribution in [0.2, 0.25) is 0 Å². The lowest BCUT2D eigenvalue weighted by Crippen LogP contribution is -2.30. The van der Waals surface area contributed by atoms with Crippen LogP contribution in [0.15, 0.2) is 23.5 Å². The van der Waals surface area contributed by atoms with E-state index in [4.69, 9.17) is 14.2 Å². The average Bonchev–Trinajstić information content (AvgIpc) is 3.00. The van der Waals surface area contributed by atoms with Gasteiger partial charge in [-0.2, -0.15) is 0 Å². The predicted molar refractivity (Wildman–Crippen MR) is 90.2 cm³/mol. The summed E-state index contributed by atoms with van der Waals surface area (Å²) >= 11 is 0. The van der Waals surface area contributed by atoms with E-state index in [9.17, 15) is 9.59 Å². The first kappa shape index (κ1) is 18.7. The minimum Gasteiger partial charge on any atom is -0.465 e. The maximum atomic E-state index is 12.5. The highest BCUT2D eigenvalue weighted by atomic mass is 16.7. The Morgan fingerprint density at radius 3 is 2.29 bits per heavy atom. The van der Waals surface area contributed by atoms with E-state index in [2.05, 4.69) is 0 Å². The third kappa shape index (κ3) is 4.69. The molecule has 0 aromatic carbocycles. The van der Waals surface area contributed by atoms with Gasteiger partial charge in [0.05, 0.1) is 7.11 Å². The van der Waals surface area contributed by atoms with E-state index in [0.29, 0.717) is 12.8 Å². The highest BCUT2D eigenvalue weighted by molar-refractivity contribution is 6.18. The van der Waals surface area contributed by atoms with Crippen LogP contribution in [0, 0.1) is 0 Å². The maximum absolute atomic E-state index is 12.5. The second kappa shape index (κ2) is 9.02. The number of hydrogen-bond donors (Lipinski definition) is 0. The first-order chi connectivity index (χ1) is 11.6. The summed E-state index contributed by atoms with van der Waals surface area (Å²) < 4.78 is 16.2. The third-order valence-corrected chi connectivity index (χ3v) is 4.71. The molecule has 0 aliphatic carbocycles. The Kier molecular flexibility index (Phi) is 7.03. The van der Waals surface area contributed by atoms with Crippen molar-refractivity contribution in [1.29, 1.82) is 0 Å². The van der Waals surface area contributed by atoms with E-state index in [1.54, 1.807) is 19.3 Å². The Labute approximate surface area is 144 Å². The van der Waals surface area contributed by atoms with Gasteiger partial charge in [-0.1, -0.05) is 38.5 Å². The van der Waals surface area contributed by atoms with Crippen LogP contribution in [-0.2, 0) is 23.8 Å². The summed E-state index contributed by atoms with van der Waals surface area (Å²) in [7, 11) is 2.86. The van der Waals surface area contributed by atoms with Gasteiger partial charge in [0, 0.05) is 20.0 Å². The van der Waals surface area contributed by atoms with Crippen molar-refractivity contribution in [3.05, 3.63) is 23.5 Å². The molecule has 5 nitrogen and oxygen atoms in total. The van der Waals surface area contributed by atoms with Gasteiger partial charge in [-0.05, 0) is 25.0 Å². The number of ether oxygens (including phenoxy) is 3. The molecule has 2 heterocycles. The van der Waals surface area contributed by atoms with Gasteiger partial charge in [-0.15, -0.1) is 0 Å². The fourth-order valence-corrected chi connectivity index (χ4v) is 3.23. The first-order valence-electron chi connectivity index (χ1n) is 8.91. The Morgan fingerprint density at radius 1 is 1.04 bits per heavy atom. The number of rotatable bonds is 2. The van der Waals surface area contributed by atoms with Gasteiger partial charge < -0.3 is 14.2 Å². The number of fused-ring (bicyclic) bond motifs is 2.